The summed E-state index contributed by atoms with van der Waals surface area (Å²) >= 11 is 1.89. The van der Waals surface area contributed by atoms with E-state index in [0.29, 0.717) is 0 Å². The van der Waals surface area contributed by atoms with Gasteiger partial charge in [0.15, 0.2) is 0 Å². The lowest BCUT2D eigenvalue weighted by Crippen LogP contribution is -2.41. The molecule has 3 rings (SSSR count). The Labute approximate surface area is 138 Å². The maximum atomic E-state index is 6.32. The summed E-state index contributed by atoms with van der Waals surface area (Å²) in [6.45, 7) is 10.7. The number of rotatable bonds is 4. The Bertz CT molecular complexity index is 659. The Morgan fingerprint density at radius 2 is 1.68 bits per heavy atom. The van der Waals surface area contributed by atoms with Crippen LogP contribution in [0.4, 0.5) is 0 Å². The minimum Gasteiger partial charge on any atom is -0.399 e. The summed E-state index contributed by atoms with van der Waals surface area (Å²) in [6.07, 6.45) is 3.52. The number of thiophene rings is 1. The second kappa shape index (κ2) is 5.66. The maximum absolute atomic E-state index is 6.32. The summed E-state index contributed by atoms with van der Waals surface area (Å²) < 4.78 is 14.0. The molecule has 2 aromatic rings. The van der Waals surface area contributed by atoms with Gasteiger partial charge >= 0.3 is 7.12 Å². The maximum Gasteiger partial charge on any atom is 0.496 e. The molecular formula is C18H25BO2S. The van der Waals surface area contributed by atoms with Crippen molar-refractivity contribution in [3.63, 3.8) is 0 Å². The van der Waals surface area contributed by atoms with Gasteiger partial charge in [0.05, 0.1) is 11.2 Å². The highest BCUT2D eigenvalue weighted by Crippen LogP contribution is 2.38. The van der Waals surface area contributed by atoms with E-state index in [1.54, 1.807) is 0 Å². The van der Waals surface area contributed by atoms with Crippen molar-refractivity contribution in [1.82, 2.24) is 0 Å². The minimum absolute atomic E-state index is 0.256. The van der Waals surface area contributed by atoms with E-state index >= 15 is 0 Å². The summed E-state index contributed by atoms with van der Waals surface area (Å²) in [7, 11) is -0.256. The predicted molar refractivity (Wildman–Crippen MR) is 96.2 cm³/mol. The van der Waals surface area contributed by atoms with Crippen molar-refractivity contribution in [1.29, 1.82) is 0 Å². The summed E-state index contributed by atoms with van der Waals surface area (Å²) in [6, 6.07) is 8.61. The van der Waals surface area contributed by atoms with Gasteiger partial charge in [-0.05, 0) is 52.0 Å². The first-order chi connectivity index (χ1) is 10.4. The van der Waals surface area contributed by atoms with Crippen molar-refractivity contribution in [2.45, 2.75) is 65.1 Å². The second-order valence-electron chi connectivity index (χ2n) is 7.13. The van der Waals surface area contributed by atoms with Crippen LogP contribution in [0.3, 0.4) is 0 Å². The highest BCUT2D eigenvalue weighted by atomic mass is 32.1. The molecule has 0 bridgehead atoms. The summed E-state index contributed by atoms with van der Waals surface area (Å²) in [5, 5.41) is 1.29. The van der Waals surface area contributed by atoms with Crippen LogP contribution in [0.15, 0.2) is 24.3 Å². The molecule has 0 radical (unpaired) electrons. The molecule has 1 fully saturated rings. The molecule has 1 saturated heterocycles. The normalized spacial score (nSPS) is 20.0. The van der Waals surface area contributed by atoms with Crippen molar-refractivity contribution in [2.24, 2.45) is 0 Å². The fraction of sp³-hybridized carbons (Fsp3) is 0.556. The molecule has 0 aliphatic carbocycles. The van der Waals surface area contributed by atoms with Crippen molar-refractivity contribution in [3.05, 3.63) is 29.1 Å². The standard InChI is InChI=1S/C18H25BO2S/c1-6-7-11-15-16(13-10-8-9-12-14(13)22-15)19-20-17(2,3)18(4,5)21-19/h8-10,12H,6-7,11H2,1-5H3. The van der Waals surface area contributed by atoms with Gasteiger partial charge in [-0.2, -0.15) is 0 Å². The van der Waals surface area contributed by atoms with Gasteiger partial charge in [-0.25, -0.2) is 0 Å². The third kappa shape index (κ3) is 2.62. The topological polar surface area (TPSA) is 18.5 Å². The van der Waals surface area contributed by atoms with Crippen molar-refractivity contribution in [3.8, 4) is 0 Å². The summed E-state index contributed by atoms with van der Waals surface area (Å²) in [5.41, 5.74) is 0.679. The zero-order valence-corrected chi connectivity index (χ0v) is 15.0. The van der Waals surface area contributed by atoms with Gasteiger partial charge < -0.3 is 9.31 Å². The van der Waals surface area contributed by atoms with Crippen LogP contribution < -0.4 is 5.46 Å². The van der Waals surface area contributed by atoms with Crippen LogP contribution in [0.25, 0.3) is 10.1 Å². The van der Waals surface area contributed by atoms with Crippen LogP contribution in [0.2, 0.25) is 0 Å². The van der Waals surface area contributed by atoms with Gasteiger partial charge in [-0.1, -0.05) is 31.5 Å². The van der Waals surface area contributed by atoms with Gasteiger partial charge in [0, 0.05) is 15.0 Å². The monoisotopic (exact) mass is 316 g/mol. The Kier molecular flexibility index (Phi) is 4.13. The Morgan fingerprint density at radius 3 is 2.32 bits per heavy atom. The molecule has 4 heteroatoms. The van der Waals surface area contributed by atoms with Gasteiger partial charge in [0.2, 0.25) is 0 Å². The van der Waals surface area contributed by atoms with Gasteiger partial charge in [0.1, 0.15) is 0 Å². The molecule has 118 valence electrons. The molecule has 1 aliphatic rings. The number of benzene rings is 1. The van der Waals surface area contributed by atoms with Crippen molar-refractivity contribution < 1.29 is 9.31 Å². The van der Waals surface area contributed by atoms with Crippen LogP contribution in [0.5, 0.6) is 0 Å². The molecule has 1 aromatic carbocycles. The molecule has 1 aliphatic heterocycles. The Hall–Kier alpha value is -0.835. The Morgan fingerprint density at radius 1 is 1.05 bits per heavy atom. The molecule has 0 N–H and O–H groups in total. The SMILES string of the molecule is CCCCc1sc2ccccc2c1B1OC(C)(C)C(C)(C)O1. The first-order valence-electron chi connectivity index (χ1n) is 8.21. The molecule has 0 unspecified atom stereocenters. The van der Waals surface area contributed by atoms with Crippen LogP contribution in [-0.4, -0.2) is 18.3 Å². The molecule has 22 heavy (non-hydrogen) atoms. The van der Waals surface area contributed by atoms with E-state index in [-0.39, 0.29) is 18.3 Å². The minimum atomic E-state index is -0.289. The summed E-state index contributed by atoms with van der Waals surface area (Å²) in [4.78, 5) is 1.42. The molecule has 2 nitrogen and oxygen atoms in total. The zero-order chi connectivity index (χ0) is 16.0. The fourth-order valence-corrected chi connectivity index (χ4v) is 4.12. The van der Waals surface area contributed by atoms with Gasteiger partial charge in [-0.3, -0.25) is 0 Å². The van der Waals surface area contributed by atoms with Crippen molar-refractivity contribution in [2.75, 3.05) is 0 Å². The average molecular weight is 316 g/mol. The van der Waals surface area contributed by atoms with Crippen LogP contribution in [-0.2, 0) is 15.7 Å². The van der Waals surface area contributed by atoms with E-state index in [1.807, 2.05) is 11.3 Å². The quantitative estimate of drug-likeness (QED) is 0.771. The first kappa shape index (κ1) is 16.0. The van der Waals surface area contributed by atoms with E-state index in [9.17, 15) is 0 Å². The first-order valence-corrected chi connectivity index (χ1v) is 9.03. The van der Waals surface area contributed by atoms with E-state index < -0.39 is 0 Å². The molecule has 0 spiro atoms. The molecule has 0 saturated carbocycles. The highest BCUT2D eigenvalue weighted by Gasteiger charge is 2.52. The third-order valence-electron chi connectivity index (χ3n) is 4.96. The predicted octanol–water partition coefficient (Wildman–Crippen LogP) is 4.54. The van der Waals surface area contributed by atoms with Crippen LogP contribution in [0.1, 0.15) is 52.3 Å². The van der Waals surface area contributed by atoms with E-state index in [2.05, 4.69) is 58.9 Å². The lowest BCUT2D eigenvalue weighted by Gasteiger charge is -2.32. The summed E-state index contributed by atoms with van der Waals surface area (Å²) in [5.74, 6) is 0. The average Bonchev–Trinajstić information content (AvgIpc) is 2.91. The molecular weight excluding hydrogens is 291 g/mol. The van der Waals surface area contributed by atoms with Crippen LogP contribution in [0, 0.1) is 0 Å². The van der Waals surface area contributed by atoms with E-state index in [0.717, 1.165) is 6.42 Å². The van der Waals surface area contributed by atoms with Crippen LogP contribution >= 0.6 is 11.3 Å². The molecule has 0 atom stereocenters. The third-order valence-corrected chi connectivity index (χ3v) is 6.20. The lowest BCUT2D eigenvalue weighted by atomic mass is 9.76. The molecule has 2 heterocycles. The number of unbranched alkanes of at least 4 members (excludes halogenated alkanes) is 1. The van der Waals surface area contributed by atoms with Gasteiger partial charge in [0.25, 0.3) is 0 Å². The largest absolute Gasteiger partial charge is 0.496 e. The molecule has 1 aromatic heterocycles. The Balaban J connectivity index is 2.06. The van der Waals surface area contributed by atoms with Gasteiger partial charge in [-0.15, -0.1) is 11.3 Å². The lowest BCUT2D eigenvalue weighted by molar-refractivity contribution is 0.00578. The zero-order valence-electron chi connectivity index (χ0n) is 14.2. The smallest absolute Gasteiger partial charge is 0.399 e. The number of fused-ring (bicyclic) bond motifs is 1. The number of aryl methyl sites for hydroxylation is 1. The number of hydrogen-bond acceptors (Lipinski definition) is 3. The van der Waals surface area contributed by atoms with E-state index in [1.165, 1.54) is 33.3 Å². The fourth-order valence-electron chi connectivity index (χ4n) is 2.86. The highest BCUT2D eigenvalue weighted by molar-refractivity contribution is 7.20. The van der Waals surface area contributed by atoms with E-state index in [4.69, 9.17) is 9.31 Å². The van der Waals surface area contributed by atoms with Crippen molar-refractivity contribution >= 4 is 34.0 Å². The molecule has 0 amide bonds. The second-order valence-corrected chi connectivity index (χ2v) is 8.26. The number of hydrogen-bond donors (Lipinski definition) is 0.